The molecule has 46 heavy (non-hydrogen) atoms. The van der Waals surface area contributed by atoms with Crippen LogP contribution in [0.2, 0.25) is 0 Å². The fraction of sp³-hybridized carbons (Fsp3) is 0.406. The van der Waals surface area contributed by atoms with Crippen molar-refractivity contribution >= 4 is 11.6 Å². The summed E-state index contributed by atoms with van der Waals surface area (Å²) < 4.78 is 94.2. The van der Waals surface area contributed by atoms with E-state index in [1.165, 1.54) is 4.80 Å². The average molecular weight is 647 g/mol. The zero-order chi connectivity index (χ0) is 32.5. The van der Waals surface area contributed by atoms with Gasteiger partial charge in [0.2, 0.25) is 0 Å². The molecule has 0 saturated heterocycles. The maximum absolute atomic E-state index is 13.8. The summed E-state index contributed by atoms with van der Waals surface area (Å²) in [7, 11) is 1.54. The van der Waals surface area contributed by atoms with E-state index in [0.29, 0.717) is 52.4 Å². The Balaban J connectivity index is 1.36. The number of ether oxygens (including phenoxy) is 2. The van der Waals surface area contributed by atoms with E-state index in [-0.39, 0.29) is 24.1 Å². The second-order valence-electron chi connectivity index (χ2n) is 11.5. The van der Waals surface area contributed by atoms with Gasteiger partial charge >= 0.3 is 12.4 Å². The molecule has 0 bridgehead atoms. The van der Waals surface area contributed by atoms with Crippen LogP contribution in [0, 0.1) is 0 Å². The minimum Gasteiger partial charge on any atom is -0.375 e. The molecule has 0 saturated carbocycles. The number of aromatic nitrogens is 4. The summed E-state index contributed by atoms with van der Waals surface area (Å²) in [5, 5.41) is 12.4. The summed E-state index contributed by atoms with van der Waals surface area (Å²) in [6.07, 6.45) is -8.71. The molecule has 8 nitrogen and oxygen atoms in total. The van der Waals surface area contributed by atoms with Crippen LogP contribution in [0.15, 0.2) is 60.7 Å². The number of rotatable bonds is 9. The van der Waals surface area contributed by atoms with Gasteiger partial charge in [-0.25, -0.2) is 0 Å². The van der Waals surface area contributed by atoms with Gasteiger partial charge in [-0.15, -0.1) is 5.10 Å². The number of tetrazole rings is 1. The predicted octanol–water partition coefficient (Wildman–Crippen LogP) is 6.84. The molecule has 244 valence electrons. The van der Waals surface area contributed by atoms with Gasteiger partial charge in [0.15, 0.2) is 0 Å². The molecule has 4 aromatic rings. The van der Waals surface area contributed by atoms with Crippen LogP contribution in [-0.4, -0.2) is 39.9 Å². The number of hydrogen-bond donors (Lipinski definition) is 0. The predicted molar refractivity (Wildman–Crippen MR) is 157 cm³/mol. The van der Waals surface area contributed by atoms with Crippen LogP contribution in [0.3, 0.4) is 0 Å². The third-order valence-electron chi connectivity index (χ3n) is 8.22. The van der Waals surface area contributed by atoms with Crippen LogP contribution in [0.4, 0.5) is 38.0 Å². The third-order valence-corrected chi connectivity index (χ3v) is 8.22. The number of aryl methyl sites for hydroxylation is 1. The molecule has 2 aliphatic heterocycles. The Bertz CT molecular complexity index is 1630. The van der Waals surface area contributed by atoms with E-state index >= 15 is 0 Å². The first-order valence-corrected chi connectivity index (χ1v) is 14.8. The summed E-state index contributed by atoms with van der Waals surface area (Å²) in [6, 6.07) is 15.1. The molecule has 6 rings (SSSR count). The number of halogens is 6. The zero-order valence-electron chi connectivity index (χ0n) is 25.0. The summed E-state index contributed by atoms with van der Waals surface area (Å²) >= 11 is 0. The summed E-state index contributed by atoms with van der Waals surface area (Å²) in [4.78, 5) is 5.08. The first kappa shape index (κ1) is 31.8. The molecular formula is C32H32F6N6O2. The second-order valence-corrected chi connectivity index (χ2v) is 11.5. The van der Waals surface area contributed by atoms with Crippen molar-refractivity contribution in [2.45, 2.75) is 57.6 Å². The monoisotopic (exact) mass is 646 g/mol. The molecule has 0 amide bonds. The van der Waals surface area contributed by atoms with E-state index in [9.17, 15) is 26.3 Å². The normalized spacial score (nSPS) is 16.7. The highest BCUT2D eigenvalue weighted by atomic mass is 19.4. The Morgan fingerprint density at radius 1 is 0.913 bits per heavy atom. The van der Waals surface area contributed by atoms with Crippen molar-refractivity contribution in [2.75, 3.05) is 29.5 Å². The van der Waals surface area contributed by atoms with E-state index in [1.807, 2.05) is 36.4 Å². The molecule has 2 aliphatic rings. The van der Waals surface area contributed by atoms with Gasteiger partial charge in [-0.2, -0.15) is 31.1 Å². The molecule has 14 heteroatoms. The van der Waals surface area contributed by atoms with Gasteiger partial charge < -0.3 is 19.3 Å². The average Bonchev–Trinajstić information content (AvgIpc) is 3.62. The van der Waals surface area contributed by atoms with Crippen molar-refractivity contribution in [3.05, 3.63) is 99.6 Å². The molecule has 0 radical (unpaired) electrons. The van der Waals surface area contributed by atoms with Crippen LogP contribution >= 0.6 is 0 Å². The fourth-order valence-corrected chi connectivity index (χ4v) is 6.04. The standard InChI is InChI=1S/C32H32F6N6O2/c1-42-40-30(39-41-42)44(17-22-12-25(31(33,34)35)16-26(13-22)32(36,37)38)28-8-5-9-43(10-11-45-18-21-6-3-2-4-7-21)29-15-24-20-46-19-23(24)14-27(28)29/h2-4,6-7,12-16,28H,5,8-11,17-20H2,1H3. The van der Waals surface area contributed by atoms with E-state index in [1.54, 1.807) is 11.9 Å². The van der Waals surface area contributed by atoms with Crippen LogP contribution < -0.4 is 9.80 Å². The lowest BCUT2D eigenvalue weighted by molar-refractivity contribution is -0.143. The number of benzene rings is 3. The summed E-state index contributed by atoms with van der Waals surface area (Å²) in [5.74, 6) is 0.0980. The SMILES string of the molecule is Cn1nnc(N(Cc2cc(C(F)(F)F)cc(C(F)(F)F)c2)C2CCCN(CCOCc3ccccc3)c3cc4c(cc32)COC4)n1. The highest BCUT2D eigenvalue weighted by Crippen LogP contribution is 2.42. The number of hydrogen-bond acceptors (Lipinski definition) is 7. The van der Waals surface area contributed by atoms with Crippen molar-refractivity contribution in [1.82, 2.24) is 20.2 Å². The number of nitrogens with zero attached hydrogens (tertiary/aromatic N) is 6. The van der Waals surface area contributed by atoms with E-state index < -0.39 is 29.5 Å². The van der Waals surface area contributed by atoms with Gasteiger partial charge in [-0.3, -0.25) is 0 Å². The fourth-order valence-electron chi connectivity index (χ4n) is 6.04. The number of alkyl halides is 6. The van der Waals surface area contributed by atoms with Crippen molar-refractivity contribution < 1.29 is 35.8 Å². The minimum atomic E-state index is -4.97. The van der Waals surface area contributed by atoms with Gasteiger partial charge in [0.05, 0.1) is 50.6 Å². The van der Waals surface area contributed by atoms with Gasteiger partial charge in [0.25, 0.3) is 5.95 Å². The Hall–Kier alpha value is -4.17. The van der Waals surface area contributed by atoms with E-state index in [0.717, 1.165) is 40.1 Å². The Morgan fingerprint density at radius 3 is 2.26 bits per heavy atom. The van der Waals surface area contributed by atoms with Crippen LogP contribution in [0.5, 0.6) is 0 Å². The van der Waals surface area contributed by atoms with Crippen LogP contribution in [-0.2, 0) is 55.2 Å². The lowest BCUT2D eigenvalue weighted by Crippen LogP contribution is -2.31. The molecular weight excluding hydrogens is 614 g/mol. The van der Waals surface area contributed by atoms with Crippen molar-refractivity contribution in [3.8, 4) is 0 Å². The first-order chi connectivity index (χ1) is 22.0. The summed E-state index contributed by atoms with van der Waals surface area (Å²) in [5.41, 5.74) is 1.93. The Morgan fingerprint density at radius 2 is 1.61 bits per heavy atom. The second kappa shape index (κ2) is 12.9. The van der Waals surface area contributed by atoms with Crippen molar-refractivity contribution in [2.24, 2.45) is 7.05 Å². The molecule has 0 aliphatic carbocycles. The van der Waals surface area contributed by atoms with Crippen LogP contribution in [0.1, 0.15) is 57.8 Å². The highest BCUT2D eigenvalue weighted by molar-refractivity contribution is 5.62. The minimum absolute atomic E-state index is 0.0980. The van der Waals surface area contributed by atoms with Crippen LogP contribution in [0.25, 0.3) is 0 Å². The molecule has 3 aromatic carbocycles. The number of anilines is 2. The van der Waals surface area contributed by atoms with Gasteiger partial charge in [0.1, 0.15) is 0 Å². The lowest BCUT2D eigenvalue weighted by atomic mass is 9.95. The van der Waals surface area contributed by atoms with E-state index in [4.69, 9.17) is 9.47 Å². The molecule has 0 spiro atoms. The van der Waals surface area contributed by atoms with Crippen molar-refractivity contribution in [3.63, 3.8) is 0 Å². The number of fused-ring (bicyclic) bond motifs is 2. The van der Waals surface area contributed by atoms with Crippen molar-refractivity contribution in [1.29, 1.82) is 0 Å². The summed E-state index contributed by atoms with van der Waals surface area (Å²) in [6.45, 7) is 2.71. The Kier molecular flexibility index (Phi) is 8.92. The first-order valence-electron chi connectivity index (χ1n) is 14.8. The maximum Gasteiger partial charge on any atom is 0.416 e. The van der Waals surface area contributed by atoms with Gasteiger partial charge in [0, 0.05) is 25.3 Å². The van der Waals surface area contributed by atoms with Gasteiger partial charge in [-0.1, -0.05) is 35.4 Å². The molecule has 1 aromatic heterocycles. The van der Waals surface area contributed by atoms with Gasteiger partial charge in [-0.05, 0) is 76.2 Å². The smallest absolute Gasteiger partial charge is 0.375 e. The largest absolute Gasteiger partial charge is 0.416 e. The Labute approximate surface area is 261 Å². The zero-order valence-corrected chi connectivity index (χ0v) is 25.0. The van der Waals surface area contributed by atoms with E-state index in [2.05, 4.69) is 26.4 Å². The highest BCUT2D eigenvalue weighted by Gasteiger charge is 2.38. The maximum atomic E-state index is 13.8. The quantitative estimate of drug-likeness (QED) is 0.146. The molecule has 0 fully saturated rings. The molecule has 0 N–H and O–H groups in total. The topological polar surface area (TPSA) is 68.5 Å². The molecule has 1 atom stereocenters. The molecule has 3 heterocycles. The third kappa shape index (κ3) is 7.12. The molecule has 1 unspecified atom stereocenters. The lowest BCUT2D eigenvalue weighted by Gasteiger charge is -2.33.